The van der Waals surface area contributed by atoms with Crippen LogP contribution in [0.4, 0.5) is 23.2 Å². The maximum absolute atomic E-state index is 14.0. The Labute approximate surface area is 489 Å². The number of hydrogen-bond acceptors (Lipinski definition) is 21. The summed E-state index contributed by atoms with van der Waals surface area (Å²) in [6.07, 6.45) is 4.26. The molecule has 2 aliphatic rings. The molecule has 1 fully saturated rings. The Morgan fingerprint density at radius 2 is 1.19 bits per heavy atom. The molecule has 5 rings (SSSR count). The van der Waals surface area contributed by atoms with Crippen LogP contribution in [0.5, 0.6) is 5.75 Å². The van der Waals surface area contributed by atoms with Crippen molar-refractivity contribution in [2.75, 3.05) is 158 Å². The lowest BCUT2D eigenvalue weighted by molar-refractivity contribution is -0.180. The quantitative estimate of drug-likeness (QED) is 0.0137. The number of rotatable bonds is 43. The van der Waals surface area contributed by atoms with Gasteiger partial charge < -0.3 is 68.1 Å². The zero-order chi connectivity index (χ0) is 61.4. The van der Waals surface area contributed by atoms with Gasteiger partial charge in [0.05, 0.1) is 151 Å². The number of carbonyl (C=O) groups excluding carboxylic acids is 4. The lowest BCUT2D eigenvalue weighted by Crippen LogP contribution is -2.58. The Balaban J connectivity index is 0.755. The van der Waals surface area contributed by atoms with Crippen LogP contribution in [0.25, 0.3) is 17.2 Å². The van der Waals surface area contributed by atoms with Crippen molar-refractivity contribution in [3.63, 3.8) is 0 Å². The Hall–Kier alpha value is -6.13. The molecule has 4 N–H and O–H groups in total. The molecule has 2 aromatic carbocycles. The first-order chi connectivity index (χ1) is 41.0. The number of halogens is 4. The molecule has 472 valence electrons. The summed E-state index contributed by atoms with van der Waals surface area (Å²) in [5, 5.41) is 4.19. The van der Waals surface area contributed by atoms with E-state index in [1.807, 2.05) is 32.0 Å². The molecule has 0 radical (unpaired) electrons. The van der Waals surface area contributed by atoms with Gasteiger partial charge in [-0.05, 0) is 43.5 Å². The molecule has 1 saturated heterocycles. The maximum Gasteiger partial charge on any atom is 0.313 e. The van der Waals surface area contributed by atoms with Crippen LogP contribution in [0.15, 0.2) is 52.0 Å². The summed E-state index contributed by atoms with van der Waals surface area (Å²) in [5.41, 5.74) is 9.83. The van der Waals surface area contributed by atoms with Crippen molar-refractivity contribution < 1.29 is 107 Å². The lowest BCUT2D eigenvalue weighted by Gasteiger charge is -2.39. The van der Waals surface area contributed by atoms with Crippen LogP contribution in [0.1, 0.15) is 55.6 Å². The van der Waals surface area contributed by atoms with Gasteiger partial charge in [-0.15, -0.1) is 0 Å². The number of hydrogen-bond donors (Lipinski definition) is 3. The lowest BCUT2D eigenvalue weighted by atomic mass is 10.0. The highest BCUT2D eigenvalue weighted by atomic mass is 32.2. The zero-order valence-electron chi connectivity index (χ0n) is 47.5. The SMILES string of the molecule is CCCN(OCC)C(=O)C1=Cc2ccc(-c3ccc(C(=O)N4CC[C@H]4C(=O)NCCOCCOCCOCCOCCOCCOCCOCCOCCOCCOCCC(=O)Oc4c(F)c(F)c(S(=O)(=O)O)c(F)c4F)nc3)cc2N=C(N)C1. The summed E-state index contributed by atoms with van der Waals surface area (Å²) >= 11 is 0. The summed E-state index contributed by atoms with van der Waals surface area (Å²) in [4.78, 5) is 65.2. The second kappa shape index (κ2) is 38.1. The van der Waals surface area contributed by atoms with Crippen LogP contribution in [-0.4, -0.2) is 222 Å². The number of aliphatic imine (C=N–C) groups is 1. The first kappa shape index (κ1) is 69.6. The molecular formula is C55H74F4N6O19S. The molecule has 1 aromatic heterocycles. The summed E-state index contributed by atoms with van der Waals surface area (Å²) in [6, 6.07) is 8.44. The molecule has 3 heterocycles. The Morgan fingerprint density at radius 1 is 0.694 bits per heavy atom. The van der Waals surface area contributed by atoms with Crippen molar-refractivity contribution >= 4 is 51.4 Å². The van der Waals surface area contributed by atoms with Crippen molar-refractivity contribution in [2.45, 2.75) is 50.5 Å². The number of benzene rings is 2. The largest absolute Gasteiger partial charge is 0.420 e. The predicted octanol–water partition coefficient (Wildman–Crippen LogP) is 4.01. The number of amidine groups is 1. The number of ether oxygens (including phenoxy) is 11. The van der Waals surface area contributed by atoms with Gasteiger partial charge in [-0.25, -0.2) is 18.8 Å². The third kappa shape index (κ3) is 23.6. The number of likely N-dealkylation sites (tertiary alicyclic amines) is 1. The molecule has 3 aromatic rings. The van der Waals surface area contributed by atoms with Gasteiger partial charge in [0, 0.05) is 49.0 Å². The number of amides is 3. The highest BCUT2D eigenvalue weighted by molar-refractivity contribution is 7.85. The van der Waals surface area contributed by atoms with E-state index in [-0.39, 0.29) is 76.0 Å². The Morgan fingerprint density at radius 3 is 1.64 bits per heavy atom. The second-order valence-corrected chi connectivity index (χ2v) is 19.7. The van der Waals surface area contributed by atoms with E-state index >= 15 is 0 Å². The van der Waals surface area contributed by atoms with Gasteiger partial charge in [0.1, 0.15) is 17.6 Å². The van der Waals surface area contributed by atoms with E-state index < -0.39 is 62.5 Å². The van der Waals surface area contributed by atoms with Gasteiger partial charge in [-0.3, -0.25) is 33.6 Å². The van der Waals surface area contributed by atoms with Gasteiger partial charge in [0.25, 0.3) is 11.8 Å². The molecule has 0 aliphatic carbocycles. The average Bonchev–Trinajstić information content (AvgIpc) is 1.70. The number of pyridine rings is 1. The molecule has 0 spiro atoms. The van der Waals surface area contributed by atoms with Crippen LogP contribution in [0, 0.1) is 23.3 Å². The standard InChI is InChI=1S/C55H74F4N6O19S/c1-3-12-65(83-4-2)54(68)41-34-39-6-5-38(35-43(39)63-45(60)36-41)40-7-8-42(62-37-40)55(69)64-13-9-44(64)53(67)61-11-15-74-17-19-76-21-23-78-25-27-80-29-31-82-33-32-81-30-28-79-26-24-77-22-20-75-18-16-73-14-10-46(66)84-51-47(56)49(58)52(85(70,71)72)50(59)48(51)57/h5-8,34-35,37,44H,3-4,9-33,36H2,1-2H3,(H2,60,63)(H,61,67)(H,70,71,72)/t44-/m0/s1. The van der Waals surface area contributed by atoms with Gasteiger partial charge in [0.15, 0.2) is 16.5 Å². The van der Waals surface area contributed by atoms with Crippen molar-refractivity contribution in [2.24, 2.45) is 10.7 Å². The number of esters is 1. The number of aromatic nitrogens is 1. The first-order valence-corrected chi connectivity index (χ1v) is 29.0. The maximum atomic E-state index is 14.0. The van der Waals surface area contributed by atoms with Crippen LogP contribution in [0.3, 0.4) is 0 Å². The van der Waals surface area contributed by atoms with Gasteiger partial charge in [0.2, 0.25) is 23.3 Å². The number of nitrogens with two attached hydrogens (primary N) is 1. The van der Waals surface area contributed by atoms with E-state index in [1.54, 1.807) is 24.4 Å². The Kier molecular flexibility index (Phi) is 31.2. The molecule has 30 heteroatoms. The number of hydroxylamine groups is 2. The van der Waals surface area contributed by atoms with Gasteiger partial charge in [-0.1, -0.05) is 25.1 Å². The fraction of sp³-hybridized carbons (Fsp3) is 0.564. The molecule has 0 unspecified atom stereocenters. The number of carbonyl (C=O) groups is 4. The van der Waals surface area contributed by atoms with Crippen LogP contribution < -0.4 is 15.8 Å². The molecule has 2 aliphatic heterocycles. The Bertz CT molecular complexity index is 2750. The molecule has 0 saturated carbocycles. The minimum atomic E-state index is -5.65. The van der Waals surface area contributed by atoms with Crippen molar-refractivity contribution in [3.05, 3.63) is 76.6 Å². The molecule has 0 bridgehead atoms. The van der Waals surface area contributed by atoms with Crippen LogP contribution >= 0.6 is 0 Å². The van der Waals surface area contributed by atoms with Gasteiger partial charge in [-0.2, -0.15) is 17.2 Å². The third-order valence-corrected chi connectivity index (χ3v) is 13.0. The van der Waals surface area contributed by atoms with E-state index in [2.05, 4.69) is 20.0 Å². The molecule has 25 nitrogen and oxygen atoms in total. The molecular weight excluding hydrogens is 1160 g/mol. The summed E-state index contributed by atoms with van der Waals surface area (Å²) in [6.45, 7) is 11.0. The van der Waals surface area contributed by atoms with Gasteiger partial charge >= 0.3 is 16.1 Å². The van der Waals surface area contributed by atoms with Crippen molar-refractivity contribution in [1.82, 2.24) is 20.3 Å². The summed E-state index contributed by atoms with van der Waals surface area (Å²) in [7, 11) is -5.65. The zero-order valence-corrected chi connectivity index (χ0v) is 48.3. The number of fused-ring (bicyclic) bond motifs is 1. The predicted molar refractivity (Wildman–Crippen MR) is 294 cm³/mol. The fourth-order valence-corrected chi connectivity index (χ4v) is 8.50. The van der Waals surface area contributed by atoms with E-state index in [0.717, 1.165) is 23.1 Å². The smallest absolute Gasteiger partial charge is 0.313 e. The third-order valence-electron chi connectivity index (χ3n) is 12.1. The highest BCUT2D eigenvalue weighted by Gasteiger charge is 2.38. The van der Waals surface area contributed by atoms with E-state index in [0.29, 0.717) is 136 Å². The number of nitrogens with zero attached hydrogens (tertiary/aromatic N) is 4. The van der Waals surface area contributed by atoms with E-state index in [9.17, 15) is 45.2 Å². The topological polar surface area (TPSA) is 303 Å². The minimum Gasteiger partial charge on any atom is -0.420 e. The normalized spacial score (nSPS) is 14.1. The van der Waals surface area contributed by atoms with Crippen molar-refractivity contribution in [3.8, 4) is 16.9 Å². The summed E-state index contributed by atoms with van der Waals surface area (Å²) in [5.74, 6) is -13.2. The number of nitrogens with one attached hydrogen (secondary N) is 1. The minimum absolute atomic E-state index is 0.0130. The fourth-order valence-electron chi connectivity index (χ4n) is 7.87. The van der Waals surface area contributed by atoms with E-state index in [1.165, 1.54) is 9.96 Å². The van der Waals surface area contributed by atoms with Crippen LogP contribution in [0.2, 0.25) is 0 Å². The molecule has 1 atom stereocenters. The molecule has 3 amide bonds. The highest BCUT2D eigenvalue weighted by Crippen LogP contribution is 2.34. The monoisotopic (exact) mass is 1230 g/mol. The first-order valence-electron chi connectivity index (χ1n) is 27.5. The van der Waals surface area contributed by atoms with E-state index in [4.69, 9.17) is 62.5 Å². The average molecular weight is 1230 g/mol. The van der Waals surface area contributed by atoms with Crippen molar-refractivity contribution in [1.29, 1.82) is 0 Å². The summed E-state index contributed by atoms with van der Waals surface area (Å²) < 4.78 is 145. The molecule has 85 heavy (non-hydrogen) atoms. The van der Waals surface area contributed by atoms with Crippen LogP contribution in [-0.2, 0) is 76.7 Å². The second-order valence-electron chi connectivity index (χ2n) is 18.3.